The number of thiophene rings is 1. The summed E-state index contributed by atoms with van der Waals surface area (Å²) in [6.07, 6.45) is 3.71. The summed E-state index contributed by atoms with van der Waals surface area (Å²) in [5.41, 5.74) is 3.50. The zero-order chi connectivity index (χ0) is 24.6. The second-order valence-electron chi connectivity index (χ2n) is 8.02. The van der Waals surface area contributed by atoms with E-state index >= 15 is 0 Å². The number of hydrogen-bond acceptors (Lipinski definition) is 7. The van der Waals surface area contributed by atoms with E-state index in [4.69, 9.17) is 14.2 Å². The fourth-order valence-corrected chi connectivity index (χ4v) is 5.23. The first-order valence-electron chi connectivity index (χ1n) is 11.6. The Morgan fingerprint density at radius 1 is 0.886 bits per heavy atom. The Morgan fingerprint density at radius 2 is 1.60 bits per heavy atom. The third-order valence-electron chi connectivity index (χ3n) is 5.59. The van der Waals surface area contributed by atoms with Gasteiger partial charge >= 0.3 is 11.9 Å². The Bertz CT molecular complexity index is 1190. The number of aryl methyl sites for hydroxylation is 1. The number of anilines is 1. The van der Waals surface area contributed by atoms with E-state index in [1.807, 2.05) is 42.5 Å². The Balaban J connectivity index is 1.28. The van der Waals surface area contributed by atoms with E-state index in [1.54, 1.807) is 19.1 Å². The number of esters is 2. The van der Waals surface area contributed by atoms with Gasteiger partial charge in [-0.2, -0.15) is 0 Å². The van der Waals surface area contributed by atoms with Crippen LogP contribution in [-0.2, 0) is 31.9 Å². The Morgan fingerprint density at radius 3 is 2.34 bits per heavy atom. The van der Waals surface area contributed by atoms with Crippen molar-refractivity contribution in [3.05, 3.63) is 70.6 Å². The Labute approximate surface area is 208 Å². The zero-order valence-electron chi connectivity index (χ0n) is 19.5. The first kappa shape index (κ1) is 24.5. The molecule has 0 spiro atoms. The minimum atomic E-state index is -0.664. The summed E-state index contributed by atoms with van der Waals surface area (Å²) in [6, 6.07) is 17.3. The lowest BCUT2D eigenvalue weighted by molar-refractivity contribution is -0.149. The zero-order valence-corrected chi connectivity index (χ0v) is 20.3. The average molecular weight is 494 g/mol. The molecule has 0 unspecified atom stereocenters. The van der Waals surface area contributed by atoms with Crippen LogP contribution in [0.15, 0.2) is 54.6 Å². The van der Waals surface area contributed by atoms with Crippen LogP contribution in [0.2, 0.25) is 0 Å². The minimum absolute atomic E-state index is 0.253. The first-order chi connectivity index (χ1) is 17.0. The van der Waals surface area contributed by atoms with Crippen molar-refractivity contribution in [2.45, 2.75) is 32.6 Å². The van der Waals surface area contributed by atoms with Crippen molar-refractivity contribution in [1.82, 2.24) is 0 Å². The van der Waals surface area contributed by atoms with Gasteiger partial charge in [-0.05, 0) is 61.4 Å². The highest BCUT2D eigenvalue weighted by Gasteiger charge is 2.27. The summed E-state index contributed by atoms with van der Waals surface area (Å²) in [4.78, 5) is 38.1. The van der Waals surface area contributed by atoms with Crippen molar-refractivity contribution >= 4 is 34.2 Å². The van der Waals surface area contributed by atoms with Crippen LogP contribution in [0, 0.1) is 0 Å². The van der Waals surface area contributed by atoms with Gasteiger partial charge in [0.25, 0.3) is 5.91 Å². The molecule has 4 rings (SSSR count). The molecule has 1 N–H and O–H groups in total. The van der Waals surface area contributed by atoms with E-state index in [1.165, 1.54) is 11.3 Å². The van der Waals surface area contributed by atoms with Gasteiger partial charge in [0.15, 0.2) is 13.2 Å². The molecule has 0 radical (unpaired) electrons. The number of fused-ring (bicyclic) bond motifs is 1. The monoisotopic (exact) mass is 493 g/mol. The van der Waals surface area contributed by atoms with Crippen molar-refractivity contribution in [2.75, 3.05) is 25.1 Å². The molecule has 0 aliphatic heterocycles. The van der Waals surface area contributed by atoms with Crippen molar-refractivity contribution < 1.29 is 28.6 Å². The molecule has 0 bridgehead atoms. The van der Waals surface area contributed by atoms with Gasteiger partial charge in [-0.1, -0.05) is 42.5 Å². The molecular formula is C27H27NO6S. The fourth-order valence-electron chi connectivity index (χ4n) is 3.94. The van der Waals surface area contributed by atoms with Crippen LogP contribution >= 0.6 is 11.3 Å². The first-order valence-corrected chi connectivity index (χ1v) is 12.4. The van der Waals surface area contributed by atoms with Crippen LogP contribution in [0.25, 0.3) is 11.1 Å². The van der Waals surface area contributed by atoms with E-state index in [2.05, 4.69) is 5.32 Å². The molecule has 8 heteroatoms. The van der Waals surface area contributed by atoms with Crippen molar-refractivity contribution in [1.29, 1.82) is 0 Å². The maximum Gasteiger partial charge on any atom is 0.344 e. The summed E-state index contributed by atoms with van der Waals surface area (Å²) >= 11 is 1.39. The number of hydrogen-bond donors (Lipinski definition) is 1. The lowest BCUT2D eigenvalue weighted by Crippen LogP contribution is -2.24. The second kappa shape index (κ2) is 11.7. The summed E-state index contributed by atoms with van der Waals surface area (Å²) in [5, 5.41) is 3.17. The predicted octanol–water partition coefficient (Wildman–Crippen LogP) is 5.03. The van der Waals surface area contributed by atoms with Crippen molar-refractivity contribution in [3.8, 4) is 16.9 Å². The van der Waals surface area contributed by atoms with Crippen LogP contribution in [0.3, 0.4) is 0 Å². The largest absolute Gasteiger partial charge is 0.482 e. The van der Waals surface area contributed by atoms with E-state index in [9.17, 15) is 14.4 Å². The van der Waals surface area contributed by atoms with E-state index in [0.29, 0.717) is 16.3 Å². The molecule has 182 valence electrons. The van der Waals surface area contributed by atoms with Gasteiger partial charge in [0, 0.05) is 4.88 Å². The maximum absolute atomic E-state index is 12.5. The maximum atomic E-state index is 12.5. The molecule has 0 fully saturated rings. The molecule has 1 amide bonds. The average Bonchev–Trinajstić information content (AvgIpc) is 3.25. The lowest BCUT2D eigenvalue weighted by atomic mass is 9.95. The standard InChI is InChI=1S/C27H27NO6S/c1-2-32-27(31)25-21-10-6-7-11-22(21)35-26(25)28-23(29)16-34-24(30)17-33-20-14-12-19(13-15-20)18-8-4-3-5-9-18/h3-5,8-9,12-15H,2,6-7,10-11,16-17H2,1H3,(H,28,29). The Kier molecular flexibility index (Phi) is 8.15. The van der Waals surface area contributed by atoms with Crippen molar-refractivity contribution in [2.24, 2.45) is 0 Å². The van der Waals surface area contributed by atoms with Gasteiger partial charge in [0.2, 0.25) is 0 Å². The third kappa shape index (κ3) is 6.27. The lowest BCUT2D eigenvalue weighted by Gasteiger charge is -2.12. The van der Waals surface area contributed by atoms with Gasteiger partial charge in [0.1, 0.15) is 10.8 Å². The van der Waals surface area contributed by atoms with E-state index in [-0.39, 0.29) is 13.2 Å². The Hall–Kier alpha value is -3.65. The number of benzene rings is 2. The molecule has 1 aromatic heterocycles. The highest BCUT2D eigenvalue weighted by molar-refractivity contribution is 7.17. The van der Waals surface area contributed by atoms with Gasteiger partial charge in [-0.25, -0.2) is 9.59 Å². The molecule has 1 heterocycles. The molecule has 1 aliphatic carbocycles. The second-order valence-corrected chi connectivity index (χ2v) is 9.13. The van der Waals surface area contributed by atoms with Gasteiger partial charge in [-0.3, -0.25) is 4.79 Å². The molecule has 3 aromatic rings. The van der Waals surface area contributed by atoms with Crippen LogP contribution < -0.4 is 10.1 Å². The minimum Gasteiger partial charge on any atom is -0.482 e. The van der Waals surface area contributed by atoms with Gasteiger partial charge in [0.05, 0.1) is 12.2 Å². The highest BCUT2D eigenvalue weighted by atomic mass is 32.1. The molecule has 0 saturated heterocycles. The molecule has 2 aromatic carbocycles. The van der Waals surface area contributed by atoms with Crippen LogP contribution in [-0.4, -0.2) is 37.7 Å². The summed E-state index contributed by atoms with van der Waals surface area (Å²) < 4.78 is 15.7. The van der Waals surface area contributed by atoms with E-state index in [0.717, 1.165) is 47.3 Å². The molecule has 0 atom stereocenters. The molecule has 7 nitrogen and oxygen atoms in total. The third-order valence-corrected chi connectivity index (χ3v) is 6.79. The number of carbonyl (C=O) groups excluding carboxylic acids is 3. The number of nitrogens with one attached hydrogen (secondary N) is 1. The topological polar surface area (TPSA) is 90.9 Å². The molecule has 1 aliphatic rings. The van der Waals surface area contributed by atoms with Crippen LogP contribution in [0.4, 0.5) is 5.00 Å². The van der Waals surface area contributed by atoms with Gasteiger partial charge < -0.3 is 19.5 Å². The molecule has 0 saturated carbocycles. The van der Waals surface area contributed by atoms with Gasteiger partial charge in [-0.15, -0.1) is 11.3 Å². The summed E-state index contributed by atoms with van der Waals surface area (Å²) in [7, 11) is 0. The summed E-state index contributed by atoms with van der Waals surface area (Å²) in [5.74, 6) is -1.10. The normalized spacial score (nSPS) is 12.4. The van der Waals surface area contributed by atoms with Crippen molar-refractivity contribution in [3.63, 3.8) is 0 Å². The SMILES string of the molecule is CCOC(=O)c1c(NC(=O)COC(=O)COc2ccc(-c3ccccc3)cc2)sc2c1CCCC2. The fraction of sp³-hybridized carbons (Fsp3) is 0.296. The highest BCUT2D eigenvalue weighted by Crippen LogP contribution is 2.38. The van der Waals surface area contributed by atoms with E-state index < -0.39 is 24.5 Å². The number of carbonyl (C=O) groups is 3. The predicted molar refractivity (Wildman–Crippen MR) is 134 cm³/mol. The number of rotatable bonds is 9. The quantitative estimate of drug-likeness (QED) is 0.421. The molecule has 35 heavy (non-hydrogen) atoms. The number of amides is 1. The van der Waals surface area contributed by atoms with Crippen LogP contribution in [0.1, 0.15) is 40.6 Å². The number of ether oxygens (including phenoxy) is 3. The smallest absolute Gasteiger partial charge is 0.344 e. The summed E-state index contributed by atoms with van der Waals surface area (Å²) in [6.45, 7) is 1.21. The molecular weight excluding hydrogens is 466 g/mol. The van der Waals surface area contributed by atoms with Crippen LogP contribution in [0.5, 0.6) is 5.75 Å².